The van der Waals surface area contributed by atoms with Gasteiger partial charge in [-0.05, 0) is 30.1 Å². The summed E-state index contributed by atoms with van der Waals surface area (Å²) in [5.41, 5.74) is 2.65. The average molecular weight is 404 g/mol. The monoisotopic (exact) mass is 403 g/mol. The fourth-order valence-electron chi connectivity index (χ4n) is 3.85. The van der Waals surface area contributed by atoms with E-state index in [4.69, 9.17) is 4.74 Å². The molecule has 2 N–H and O–H groups in total. The first-order valence-corrected chi connectivity index (χ1v) is 11.1. The van der Waals surface area contributed by atoms with Crippen molar-refractivity contribution in [2.24, 2.45) is 10.9 Å². The van der Waals surface area contributed by atoms with E-state index in [9.17, 15) is 0 Å². The molecule has 0 saturated carbocycles. The van der Waals surface area contributed by atoms with Gasteiger partial charge < -0.3 is 15.4 Å². The quantitative estimate of drug-likeness (QED) is 0.464. The molecule has 0 radical (unpaired) electrons. The van der Waals surface area contributed by atoms with Gasteiger partial charge in [-0.2, -0.15) is 0 Å². The van der Waals surface area contributed by atoms with Crippen molar-refractivity contribution in [3.63, 3.8) is 0 Å². The zero-order valence-corrected chi connectivity index (χ0v) is 19.1. The van der Waals surface area contributed by atoms with Gasteiger partial charge >= 0.3 is 0 Å². The van der Waals surface area contributed by atoms with Crippen molar-refractivity contribution in [3.8, 4) is 0 Å². The molecule has 1 atom stereocenters. The van der Waals surface area contributed by atoms with Crippen LogP contribution in [-0.2, 0) is 17.8 Å². The number of ether oxygens (including phenoxy) is 1. The molecule has 29 heavy (non-hydrogen) atoms. The maximum Gasteiger partial charge on any atom is 0.191 e. The fourth-order valence-corrected chi connectivity index (χ4v) is 3.85. The minimum absolute atomic E-state index is 0.481. The molecule has 1 aromatic carbocycles. The Morgan fingerprint density at radius 3 is 2.45 bits per heavy atom. The van der Waals surface area contributed by atoms with Crippen LogP contribution in [0.25, 0.3) is 0 Å². The highest BCUT2D eigenvalue weighted by Gasteiger charge is 2.23. The zero-order chi connectivity index (χ0) is 21.1. The van der Waals surface area contributed by atoms with E-state index in [2.05, 4.69) is 77.4 Å². The van der Waals surface area contributed by atoms with Crippen molar-refractivity contribution in [1.29, 1.82) is 0 Å². The second-order valence-electron chi connectivity index (χ2n) is 8.05. The molecule has 0 aliphatic carbocycles. The van der Waals surface area contributed by atoms with Gasteiger partial charge in [0, 0.05) is 45.8 Å². The molecule has 1 saturated heterocycles. The molecule has 1 aromatic rings. The Balaban J connectivity index is 1.86. The zero-order valence-electron chi connectivity index (χ0n) is 19.1. The Kier molecular flexibility index (Phi) is 10.5. The van der Waals surface area contributed by atoms with Gasteiger partial charge in [-0.15, -0.1) is 0 Å². The first-order chi connectivity index (χ1) is 14.1. The molecule has 1 heterocycles. The lowest BCUT2D eigenvalue weighted by Gasteiger charge is -2.37. The van der Waals surface area contributed by atoms with Crippen molar-refractivity contribution in [3.05, 3.63) is 35.4 Å². The topological polar surface area (TPSA) is 52.1 Å². The van der Waals surface area contributed by atoms with E-state index in [1.165, 1.54) is 11.1 Å². The van der Waals surface area contributed by atoms with Crippen LogP contribution in [0.3, 0.4) is 0 Å². The van der Waals surface area contributed by atoms with Gasteiger partial charge in [0.25, 0.3) is 0 Å². The molecule has 0 amide bonds. The summed E-state index contributed by atoms with van der Waals surface area (Å²) < 4.78 is 5.51. The van der Waals surface area contributed by atoms with E-state index in [-0.39, 0.29) is 0 Å². The summed E-state index contributed by atoms with van der Waals surface area (Å²) in [6, 6.07) is 9.32. The lowest BCUT2D eigenvalue weighted by molar-refractivity contribution is 0.00752. The van der Waals surface area contributed by atoms with Crippen molar-refractivity contribution in [2.45, 2.75) is 46.8 Å². The predicted molar refractivity (Wildman–Crippen MR) is 122 cm³/mol. The molecule has 2 rings (SSSR count). The number of guanidine groups is 1. The van der Waals surface area contributed by atoms with Crippen molar-refractivity contribution in [1.82, 2.24) is 20.4 Å². The summed E-state index contributed by atoms with van der Waals surface area (Å²) >= 11 is 0. The lowest BCUT2D eigenvalue weighted by Crippen LogP contribution is -2.52. The number of benzene rings is 1. The summed E-state index contributed by atoms with van der Waals surface area (Å²) in [6.45, 7) is 17.5. The predicted octanol–water partition coefficient (Wildman–Crippen LogP) is 2.55. The number of hydrogen-bond acceptors (Lipinski definition) is 4. The molecule has 0 spiro atoms. The van der Waals surface area contributed by atoms with Crippen LogP contribution >= 0.6 is 0 Å². The summed E-state index contributed by atoms with van der Waals surface area (Å²) in [5.74, 6) is 1.44. The highest BCUT2D eigenvalue weighted by molar-refractivity contribution is 5.79. The number of rotatable bonds is 10. The van der Waals surface area contributed by atoms with E-state index in [1.807, 2.05) is 7.05 Å². The van der Waals surface area contributed by atoms with Gasteiger partial charge in [-0.3, -0.25) is 14.8 Å². The third kappa shape index (κ3) is 7.96. The fraction of sp³-hybridized carbons (Fsp3) is 0.696. The van der Waals surface area contributed by atoms with Gasteiger partial charge in [0.2, 0.25) is 0 Å². The van der Waals surface area contributed by atoms with E-state index in [0.29, 0.717) is 12.0 Å². The maximum atomic E-state index is 5.51. The Bertz CT molecular complexity index is 609. The largest absolute Gasteiger partial charge is 0.379 e. The van der Waals surface area contributed by atoms with Crippen molar-refractivity contribution < 1.29 is 4.74 Å². The number of aliphatic imine (C=N–C) groups is 1. The number of hydrogen-bond donors (Lipinski definition) is 2. The van der Waals surface area contributed by atoms with E-state index in [0.717, 1.165) is 65.0 Å². The molecule has 6 nitrogen and oxygen atoms in total. The van der Waals surface area contributed by atoms with Crippen molar-refractivity contribution in [2.75, 3.05) is 53.0 Å². The molecule has 0 bridgehead atoms. The third-order valence-electron chi connectivity index (χ3n) is 5.74. The SMILES string of the molecule is CCN(CC)Cc1cccc(CNC(=NC)NCC(C(C)C)N2CCOCC2)c1. The highest BCUT2D eigenvalue weighted by atomic mass is 16.5. The number of nitrogens with one attached hydrogen (secondary N) is 2. The minimum atomic E-state index is 0.481. The summed E-state index contributed by atoms with van der Waals surface area (Å²) in [6.07, 6.45) is 0. The van der Waals surface area contributed by atoms with E-state index >= 15 is 0 Å². The minimum Gasteiger partial charge on any atom is -0.379 e. The van der Waals surface area contributed by atoms with Crippen LogP contribution in [0.5, 0.6) is 0 Å². The molecule has 1 fully saturated rings. The van der Waals surface area contributed by atoms with Crippen LogP contribution in [0.2, 0.25) is 0 Å². The van der Waals surface area contributed by atoms with Gasteiger partial charge in [0.15, 0.2) is 5.96 Å². The van der Waals surface area contributed by atoms with Crippen LogP contribution in [-0.4, -0.2) is 74.8 Å². The van der Waals surface area contributed by atoms with Crippen LogP contribution in [0.4, 0.5) is 0 Å². The van der Waals surface area contributed by atoms with Gasteiger partial charge in [0.05, 0.1) is 13.2 Å². The Morgan fingerprint density at radius 1 is 1.14 bits per heavy atom. The Morgan fingerprint density at radius 2 is 1.83 bits per heavy atom. The van der Waals surface area contributed by atoms with Crippen LogP contribution in [0, 0.1) is 5.92 Å². The Labute approximate surface area is 177 Å². The second kappa shape index (κ2) is 12.8. The van der Waals surface area contributed by atoms with Gasteiger partial charge in [-0.25, -0.2) is 0 Å². The van der Waals surface area contributed by atoms with Crippen LogP contribution in [0.1, 0.15) is 38.8 Å². The smallest absolute Gasteiger partial charge is 0.191 e. The molecule has 1 unspecified atom stereocenters. The summed E-state index contributed by atoms with van der Waals surface area (Å²) in [5, 5.41) is 7.01. The normalized spacial score (nSPS) is 17.0. The summed E-state index contributed by atoms with van der Waals surface area (Å²) in [4.78, 5) is 9.39. The standard InChI is InChI=1S/C23H41N5O/c1-6-27(7-2)18-21-10-8-9-20(15-21)16-25-23(24-5)26-17-22(19(3)4)28-11-13-29-14-12-28/h8-10,15,19,22H,6-7,11-14,16-18H2,1-5H3,(H2,24,25,26). The second-order valence-corrected chi connectivity index (χ2v) is 8.05. The van der Waals surface area contributed by atoms with Crippen LogP contribution in [0.15, 0.2) is 29.3 Å². The van der Waals surface area contributed by atoms with Crippen molar-refractivity contribution >= 4 is 5.96 Å². The summed E-state index contributed by atoms with van der Waals surface area (Å²) in [7, 11) is 1.84. The molecule has 6 heteroatoms. The molecule has 0 aromatic heterocycles. The van der Waals surface area contributed by atoms with Crippen LogP contribution < -0.4 is 10.6 Å². The molecular formula is C23H41N5O. The maximum absolute atomic E-state index is 5.51. The lowest BCUT2D eigenvalue weighted by atomic mass is 10.0. The molecule has 164 valence electrons. The highest BCUT2D eigenvalue weighted by Crippen LogP contribution is 2.12. The third-order valence-corrected chi connectivity index (χ3v) is 5.74. The Hall–Kier alpha value is -1.63. The average Bonchev–Trinajstić information content (AvgIpc) is 2.75. The van der Waals surface area contributed by atoms with Gasteiger partial charge in [-0.1, -0.05) is 52.0 Å². The molecular weight excluding hydrogens is 362 g/mol. The first-order valence-electron chi connectivity index (χ1n) is 11.1. The van der Waals surface area contributed by atoms with E-state index in [1.54, 1.807) is 0 Å². The molecule has 1 aliphatic rings. The van der Waals surface area contributed by atoms with Gasteiger partial charge in [0.1, 0.15) is 0 Å². The van der Waals surface area contributed by atoms with E-state index < -0.39 is 0 Å². The number of nitrogens with zero attached hydrogens (tertiary/aromatic N) is 3. The molecule has 1 aliphatic heterocycles. The number of morpholine rings is 1. The first kappa shape index (κ1) is 23.6.